The third-order valence-corrected chi connectivity index (χ3v) is 3.72. The first-order valence-electron chi connectivity index (χ1n) is 7.09. The molecule has 0 bridgehead atoms. The second-order valence-electron chi connectivity index (χ2n) is 5.26. The van der Waals surface area contributed by atoms with Gasteiger partial charge in [-0.2, -0.15) is 5.10 Å². The number of fused-ring (bicyclic) bond motifs is 1. The molecule has 108 valence electrons. The minimum Gasteiger partial charge on any atom is -0.354 e. The molecular formula is C17H11BN4O. The SMILES string of the molecule is [B]c1ccc2cc(-c3cc(-c4ccncc4)n[nH]c3=O)[nH]c2c1. The molecule has 0 atom stereocenters. The molecule has 0 saturated heterocycles. The number of pyridine rings is 1. The fraction of sp³-hybridized carbons (Fsp3) is 0. The third-order valence-electron chi connectivity index (χ3n) is 3.72. The Labute approximate surface area is 132 Å². The van der Waals surface area contributed by atoms with Crippen molar-refractivity contribution in [3.63, 3.8) is 0 Å². The Morgan fingerprint density at radius 2 is 1.83 bits per heavy atom. The first kappa shape index (κ1) is 13.5. The second kappa shape index (κ2) is 5.24. The third kappa shape index (κ3) is 2.44. The van der Waals surface area contributed by atoms with Crippen LogP contribution in [0.15, 0.2) is 59.7 Å². The van der Waals surface area contributed by atoms with E-state index in [9.17, 15) is 4.79 Å². The minimum absolute atomic E-state index is 0.248. The van der Waals surface area contributed by atoms with Gasteiger partial charge in [-0.05, 0) is 35.7 Å². The number of benzene rings is 1. The Hall–Kier alpha value is -3.15. The van der Waals surface area contributed by atoms with Crippen LogP contribution in [-0.2, 0) is 0 Å². The van der Waals surface area contributed by atoms with Crippen LogP contribution < -0.4 is 11.0 Å². The molecule has 23 heavy (non-hydrogen) atoms. The Balaban J connectivity index is 1.88. The van der Waals surface area contributed by atoms with Crippen LogP contribution in [0.4, 0.5) is 0 Å². The Morgan fingerprint density at radius 3 is 2.65 bits per heavy atom. The highest BCUT2D eigenvalue weighted by Gasteiger charge is 2.10. The maximum absolute atomic E-state index is 12.2. The fourth-order valence-electron chi connectivity index (χ4n) is 2.57. The van der Waals surface area contributed by atoms with Crippen LogP contribution in [0.25, 0.3) is 33.4 Å². The summed E-state index contributed by atoms with van der Waals surface area (Å²) in [7, 11) is 5.80. The van der Waals surface area contributed by atoms with E-state index in [0.717, 1.165) is 22.2 Å². The lowest BCUT2D eigenvalue weighted by atomic mass is 9.96. The van der Waals surface area contributed by atoms with Crippen molar-refractivity contribution < 1.29 is 0 Å². The molecule has 0 aliphatic heterocycles. The highest BCUT2D eigenvalue weighted by atomic mass is 16.1. The lowest BCUT2D eigenvalue weighted by Gasteiger charge is -2.02. The zero-order chi connectivity index (χ0) is 15.8. The summed E-state index contributed by atoms with van der Waals surface area (Å²) in [5, 5.41) is 7.65. The van der Waals surface area contributed by atoms with Gasteiger partial charge in [0.15, 0.2) is 0 Å². The van der Waals surface area contributed by atoms with Gasteiger partial charge >= 0.3 is 0 Å². The van der Waals surface area contributed by atoms with E-state index in [4.69, 9.17) is 7.85 Å². The molecule has 0 fully saturated rings. The van der Waals surface area contributed by atoms with Crippen LogP contribution in [0.1, 0.15) is 0 Å². The van der Waals surface area contributed by atoms with Crippen molar-refractivity contribution in [2.75, 3.05) is 0 Å². The molecule has 0 aliphatic rings. The Morgan fingerprint density at radius 1 is 1.00 bits per heavy atom. The molecule has 3 aromatic heterocycles. The van der Waals surface area contributed by atoms with Crippen LogP contribution in [0.2, 0.25) is 0 Å². The standard InChI is InChI=1S/C17H11BN4O/c18-12-2-1-11-7-16(20-14(11)8-12)13-9-15(21-22-17(13)23)10-3-5-19-6-4-10/h1-9,20H,(H,22,23). The van der Waals surface area contributed by atoms with Gasteiger partial charge in [-0.15, -0.1) is 0 Å². The summed E-state index contributed by atoms with van der Waals surface area (Å²) in [6, 6.07) is 13.0. The number of H-pyrrole nitrogens is 2. The molecule has 1 aromatic carbocycles. The van der Waals surface area contributed by atoms with Crippen molar-refractivity contribution in [3.8, 4) is 22.5 Å². The summed E-state index contributed by atoms with van der Waals surface area (Å²) in [5.41, 5.74) is 4.14. The lowest BCUT2D eigenvalue weighted by Crippen LogP contribution is -2.11. The van der Waals surface area contributed by atoms with E-state index in [2.05, 4.69) is 20.2 Å². The molecule has 3 heterocycles. The monoisotopic (exact) mass is 298 g/mol. The molecule has 5 nitrogen and oxygen atoms in total. The van der Waals surface area contributed by atoms with Crippen molar-refractivity contribution in [1.82, 2.24) is 20.2 Å². The summed E-state index contributed by atoms with van der Waals surface area (Å²) in [5.74, 6) is 0. The average Bonchev–Trinajstić information content (AvgIpc) is 2.99. The van der Waals surface area contributed by atoms with Gasteiger partial charge in [0, 0.05) is 23.5 Å². The maximum Gasteiger partial charge on any atom is 0.273 e. The molecule has 0 spiro atoms. The largest absolute Gasteiger partial charge is 0.354 e. The molecule has 2 N–H and O–H groups in total. The van der Waals surface area contributed by atoms with Gasteiger partial charge in [-0.1, -0.05) is 17.6 Å². The van der Waals surface area contributed by atoms with Crippen LogP contribution in [-0.4, -0.2) is 28.0 Å². The van der Waals surface area contributed by atoms with E-state index in [-0.39, 0.29) is 5.56 Å². The summed E-state index contributed by atoms with van der Waals surface area (Å²) in [6.07, 6.45) is 3.38. The summed E-state index contributed by atoms with van der Waals surface area (Å²) >= 11 is 0. The smallest absolute Gasteiger partial charge is 0.273 e. The van der Waals surface area contributed by atoms with Gasteiger partial charge in [-0.3, -0.25) is 9.78 Å². The number of aromatic amines is 2. The molecule has 0 saturated carbocycles. The number of hydrogen-bond acceptors (Lipinski definition) is 3. The van der Waals surface area contributed by atoms with Gasteiger partial charge < -0.3 is 4.98 Å². The number of aromatic nitrogens is 4. The first-order chi connectivity index (χ1) is 11.2. The quantitative estimate of drug-likeness (QED) is 0.554. The molecule has 0 amide bonds. The van der Waals surface area contributed by atoms with Crippen LogP contribution in [0.5, 0.6) is 0 Å². The molecule has 6 heteroatoms. The zero-order valence-corrected chi connectivity index (χ0v) is 12.1. The zero-order valence-electron chi connectivity index (χ0n) is 12.1. The van der Waals surface area contributed by atoms with E-state index in [1.54, 1.807) is 18.5 Å². The van der Waals surface area contributed by atoms with Gasteiger partial charge in [0.2, 0.25) is 0 Å². The van der Waals surface area contributed by atoms with E-state index < -0.39 is 0 Å². The normalized spacial score (nSPS) is 11.0. The number of hydrogen-bond donors (Lipinski definition) is 2. The predicted molar refractivity (Wildman–Crippen MR) is 90.8 cm³/mol. The van der Waals surface area contributed by atoms with Crippen LogP contribution in [0.3, 0.4) is 0 Å². The van der Waals surface area contributed by atoms with E-state index >= 15 is 0 Å². The highest BCUT2D eigenvalue weighted by molar-refractivity contribution is 6.33. The lowest BCUT2D eigenvalue weighted by molar-refractivity contribution is 0.996. The highest BCUT2D eigenvalue weighted by Crippen LogP contribution is 2.23. The summed E-state index contributed by atoms with van der Waals surface area (Å²) in [4.78, 5) is 19.4. The van der Waals surface area contributed by atoms with E-state index in [0.29, 0.717) is 16.7 Å². The summed E-state index contributed by atoms with van der Waals surface area (Å²) in [6.45, 7) is 0. The molecule has 0 aliphatic carbocycles. The van der Waals surface area contributed by atoms with Gasteiger partial charge in [0.25, 0.3) is 5.56 Å². The van der Waals surface area contributed by atoms with E-state index in [1.165, 1.54) is 0 Å². The van der Waals surface area contributed by atoms with Crippen LogP contribution in [0, 0.1) is 0 Å². The number of nitrogens with one attached hydrogen (secondary N) is 2. The molecule has 4 aromatic rings. The van der Waals surface area contributed by atoms with Crippen molar-refractivity contribution >= 4 is 24.2 Å². The molecular weight excluding hydrogens is 287 g/mol. The van der Waals surface area contributed by atoms with Crippen LogP contribution >= 0.6 is 0 Å². The number of rotatable bonds is 2. The van der Waals surface area contributed by atoms with Gasteiger partial charge in [0.1, 0.15) is 7.85 Å². The van der Waals surface area contributed by atoms with Crippen molar-refractivity contribution in [2.24, 2.45) is 0 Å². The summed E-state index contributed by atoms with van der Waals surface area (Å²) < 4.78 is 0. The predicted octanol–water partition coefficient (Wildman–Crippen LogP) is 1.77. The topological polar surface area (TPSA) is 74.4 Å². The van der Waals surface area contributed by atoms with Gasteiger partial charge in [-0.25, -0.2) is 5.10 Å². The fourth-order valence-corrected chi connectivity index (χ4v) is 2.57. The molecule has 4 rings (SSSR count). The first-order valence-corrected chi connectivity index (χ1v) is 7.09. The van der Waals surface area contributed by atoms with Crippen molar-refractivity contribution in [3.05, 3.63) is 65.2 Å². The molecule has 0 unspecified atom stereocenters. The Kier molecular flexibility index (Phi) is 3.08. The maximum atomic E-state index is 12.2. The van der Waals surface area contributed by atoms with Gasteiger partial charge in [0.05, 0.1) is 17.0 Å². The van der Waals surface area contributed by atoms with Crippen molar-refractivity contribution in [2.45, 2.75) is 0 Å². The van der Waals surface area contributed by atoms with E-state index in [1.807, 2.05) is 36.4 Å². The number of nitrogens with zero attached hydrogens (tertiary/aromatic N) is 2. The average molecular weight is 298 g/mol. The second-order valence-corrected chi connectivity index (χ2v) is 5.26. The van der Waals surface area contributed by atoms with Crippen molar-refractivity contribution in [1.29, 1.82) is 0 Å². The minimum atomic E-state index is -0.248. The molecule has 2 radical (unpaired) electrons. The Bertz CT molecular complexity index is 1050.